The van der Waals surface area contributed by atoms with E-state index in [1.165, 1.54) is 0 Å². The first-order valence-corrected chi connectivity index (χ1v) is 9.78. The van der Waals surface area contributed by atoms with E-state index in [0.717, 1.165) is 33.8 Å². The molecule has 8 heteroatoms. The number of nitrogens with one attached hydrogen (secondary N) is 1. The van der Waals surface area contributed by atoms with Gasteiger partial charge in [0, 0.05) is 26.7 Å². The summed E-state index contributed by atoms with van der Waals surface area (Å²) in [5.74, 6) is 0.730. The molecule has 0 saturated heterocycles. The highest BCUT2D eigenvalue weighted by atomic mass is 79.9. The zero-order valence-electron chi connectivity index (χ0n) is 15.0. The van der Waals surface area contributed by atoms with Gasteiger partial charge in [0.05, 0.1) is 6.04 Å². The number of fused-ring (bicyclic) bond motifs is 1. The van der Waals surface area contributed by atoms with Crippen LogP contribution in [0.4, 0.5) is 5.69 Å². The van der Waals surface area contributed by atoms with Gasteiger partial charge in [-0.3, -0.25) is 4.79 Å². The Balaban J connectivity index is 1.44. The van der Waals surface area contributed by atoms with Crippen molar-refractivity contribution in [1.82, 2.24) is 20.2 Å². The van der Waals surface area contributed by atoms with Crippen LogP contribution in [0.25, 0.3) is 22.4 Å². The molecule has 2 heterocycles. The van der Waals surface area contributed by atoms with Crippen LogP contribution in [0, 0.1) is 6.92 Å². The molecule has 2 aromatic carbocycles. The summed E-state index contributed by atoms with van der Waals surface area (Å²) in [5.41, 5.74) is 3.01. The van der Waals surface area contributed by atoms with Crippen molar-refractivity contribution in [3.63, 3.8) is 0 Å². The Kier molecular flexibility index (Phi) is 4.01. The van der Waals surface area contributed by atoms with E-state index < -0.39 is 0 Å². The van der Waals surface area contributed by atoms with Crippen LogP contribution >= 0.6 is 15.9 Å². The first-order chi connectivity index (χ1) is 13.6. The number of nitrogens with zero attached hydrogens (tertiary/aromatic N) is 4. The quantitative estimate of drug-likeness (QED) is 0.497. The Labute approximate surface area is 168 Å². The second-order valence-electron chi connectivity index (χ2n) is 6.91. The zero-order chi connectivity index (χ0) is 19.3. The standard InChI is InChI=1S/C20H16BrN5O2/c1-11-16-10-13(21)5-8-17(16)28-18(11)20(27)22-14-4-2-3-12(9-14)19-23-24-25-26(19)15-6-7-15/h2-5,8-10,15H,6-7H2,1H3,(H,22,27). The highest BCUT2D eigenvalue weighted by molar-refractivity contribution is 9.10. The van der Waals surface area contributed by atoms with Crippen molar-refractivity contribution in [3.8, 4) is 11.4 Å². The van der Waals surface area contributed by atoms with Crippen LogP contribution < -0.4 is 5.32 Å². The van der Waals surface area contributed by atoms with E-state index in [1.807, 2.05) is 54.1 Å². The molecule has 5 rings (SSSR count). The predicted octanol–water partition coefficient (Wildman–Crippen LogP) is 4.74. The van der Waals surface area contributed by atoms with E-state index in [9.17, 15) is 4.79 Å². The summed E-state index contributed by atoms with van der Waals surface area (Å²) in [6.45, 7) is 1.88. The monoisotopic (exact) mass is 437 g/mol. The normalized spacial score (nSPS) is 13.8. The molecule has 2 aromatic heterocycles. The lowest BCUT2D eigenvalue weighted by molar-refractivity contribution is 0.0998. The molecule has 1 aliphatic rings. The molecule has 0 atom stereocenters. The van der Waals surface area contributed by atoms with Gasteiger partial charge < -0.3 is 9.73 Å². The van der Waals surface area contributed by atoms with Gasteiger partial charge in [0.1, 0.15) is 5.58 Å². The smallest absolute Gasteiger partial charge is 0.291 e. The van der Waals surface area contributed by atoms with E-state index >= 15 is 0 Å². The van der Waals surface area contributed by atoms with Crippen LogP contribution in [0.1, 0.15) is 35.0 Å². The van der Waals surface area contributed by atoms with E-state index in [2.05, 4.69) is 36.8 Å². The van der Waals surface area contributed by atoms with Gasteiger partial charge in [0.2, 0.25) is 0 Å². The largest absolute Gasteiger partial charge is 0.451 e. The summed E-state index contributed by atoms with van der Waals surface area (Å²) in [7, 11) is 0. The number of halogens is 1. The molecule has 0 bridgehead atoms. The summed E-state index contributed by atoms with van der Waals surface area (Å²) in [5, 5.41) is 15.9. The zero-order valence-corrected chi connectivity index (χ0v) is 16.6. The third-order valence-electron chi connectivity index (χ3n) is 4.87. The Hall–Kier alpha value is -3.00. The first-order valence-electron chi connectivity index (χ1n) is 8.98. The fourth-order valence-electron chi connectivity index (χ4n) is 3.28. The van der Waals surface area contributed by atoms with Gasteiger partial charge in [-0.05, 0) is 60.5 Å². The molecule has 4 aromatic rings. The van der Waals surface area contributed by atoms with Gasteiger partial charge in [0.15, 0.2) is 11.6 Å². The number of hydrogen-bond acceptors (Lipinski definition) is 5. The van der Waals surface area contributed by atoms with Crippen molar-refractivity contribution in [3.05, 3.63) is 58.3 Å². The minimum absolute atomic E-state index is 0.288. The van der Waals surface area contributed by atoms with E-state index in [4.69, 9.17) is 4.42 Å². The third-order valence-corrected chi connectivity index (χ3v) is 5.36. The van der Waals surface area contributed by atoms with Crippen molar-refractivity contribution in [2.75, 3.05) is 5.32 Å². The summed E-state index contributed by atoms with van der Waals surface area (Å²) in [6.07, 6.45) is 2.19. The predicted molar refractivity (Wildman–Crippen MR) is 108 cm³/mol. The number of aromatic nitrogens is 4. The minimum Gasteiger partial charge on any atom is -0.451 e. The molecule has 1 N–H and O–H groups in total. The SMILES string of the molecule is Cc1c(C(=O)Nc2cccc(-c3nnnn3C3CC3)c2)oc2ccc(Br)cc12. The van der Waals surface area contributed by atoms with Gasteiger partial charge in [-0.15, -0.1) is 5.10 Å². The average molecular weight is 438 g/mol. The molecule has 1 amide bonds. The van der Waals surface area contributed by atoms with Gasteiger partial charge in [0.25, 0.3) is 5.91 Å². The maximum atomic E-state index is 12.8. The molecule has 0 aliphatic heterocycles. The highest BCUT2D eigenvalue weighted by Crippen LogP contribution is 2.37. The second kappa shape index (κ2) is 6.56. The fraction of sp³-hybridized carbons (Fsp3) is 0.200. The van der Waals surface area contributed by atoms with Crippen molar-refractivity contribution in [1.29, 1.82) is 0 Å². The third kappa shape index (κ3) is 2.99. The van der Waals surface area contributed by atoms with Crippen molar-refractivity contribution < 1.29 is 9.21 Å². The Morgan fingerprint density at radius 3 is 2.93 bits per heavy atom. The maximum Gasteiger partial charge on any atom is 0.291 e. The van der Waals surface area contributed by atoms with Gasteiger partial charge in [-0.25, -0.2) is 4.68 Å². The number of aryl methyl sites for hydroxylation is 1. The molecule has 1 aliphatic carbocycles. The van der Waals surface area contributed by atoms with E-state index in [1.54, 1.807) is 0 Å². The lowest BCUT2D eigenvalue weighted by Crippen LogP contribution is -2.12. The van der Waals surface area contributed by atoms with Gasteiger partial charge >= 0.3 is 0 Å². The summed E-state index contributed by atoms with van der Waals surface area (Å²) in [4.78, 5) is 12.8. The molecular formula is C20H16BrN5O2. The Morgan fingerprint density at radius 2 is 2.11 bits per heavy atom. The van der Waals surface area contributed by atoms with Crippen LogP contribution in [-0.4, -0.2) is 26.1 Å². The number of benzene rings is 2. The topological polar surface area (TPSA) is 85.8 Å². The van der Waals surface area contributed by atoms with Gasteiger partial charge in [-0.2, -0.15) is 0 Å². The first kappa shape index (κ1) is 17.1. The molecule has 1 saturated carbocycles. The summed E-state index contributed by atoms with van der Waals surface area (Å²) < 4.78 is 8.57. The average Bonchev–Trinajstić information content (AvgIpc) is 3.32. The second-order valence-corrected chi connectivity index (χ2v) is 7.83. The number of amides is 1. The molecule has 7 nitrogen and oxygen atoms in total. The highest BCUT2D eigenvalue weighted by Gasteiger charge is 2.28. The molecule has 0 spiro atoms. The van der Waals surface area contributed by atoms with Crippen LogP contribution in [0.3, 0.4) is 0 Å². The molecule has 1 fully saturated rings. The summed E-state index contributed by atoms with van der Waals surface area (Å²) >= 11 is 3.45. The van der Waals surface area contributed by atoms with Crippen LogP contribution in [0.2, 0.25) is 0 Å². The molecule has 0 unspecified atom stereocenters. The summed E-state index contributed by atoms with van der Waals surface area (Å²) in [6, 6.07) is 13.6. The Bertz CT molecular complexity index is 1210. The fourth-order valence-corrected chi connectivity index (χ4v) is 3.64. The lowest BCUT2D eigenvalue weighted by atomic mass is 10.1. The number of anilines is 1. The maximum absolute atomic E-state index is 12.8. The minimum atomic E-state index is -0.288. The Morgan fingerprint density at radius 1 is 1.25 bits per heavy atom. The van der Waals surface area contributed by atoms with E-state index in [0.29, 0.717) is 28.9 Å². The number of tetrazole rings is 1. The van der Waals surface area contributed by atoms with Gasteiger partial charge in [-0.1, -0.05) is 28.1 Å². The van der Waals surface area contributed by atoms with Crippen molar-refractivity contribution in [2.24, 2.45) is 0 Å². The van der Waals surface area contributed by atoms with Crippen LogP contribution in [0.15, 0.2) is 51.4 Å². The molecule has 28 heavy (non-hydrogen) atoms. The number of furan rings is 1. The number of hydrogen-bond donors (Lipinski definition) is 1. The number of rotatable bonds is 4. The molecule has 140 valence electrons. The van der Waals surface area contributed by atoms with E-state index in [-0.39, 0.29) is 5.91 Å². The van der Waals surface area contributed by atoms with Crippen LogP contribution in [0.5, 0.6) is 0 Å². The van der Waals surface area contributed by atoms with Crippen molar-refractivity contribution in [2.45, 2.75) is 25.8 Å². The van der Waals surface area contributed by atoms with Crippen LogP contribution in [-0.2, 0) is 0 Å². The van der Waals surface area contributed by atoms with Crippen molar-refractivity contribution >= 4 is 38.5 Å². The molecular weight excluding hydrogens is 422 g/mol. The lowest BCUT2D eigenvalue weighted by Gasteiger charge is -2.07. The molecule has 0 radical (unpaired) electrons. The number of carbonyl (C=O) groups excluding carboxylic acids is 1. The number of carbonyl (C=O) groups is 1.